The van der Waals surface area contributed by atoms with E-state index in [1.54, 1.807) is 0 Å². The van der Waals surface area contributed by atoms with Crippen molar-refractivity contribution in [2.75, 3.05) is 0 Å². The van der Waals surface area contributed by atoms with Gasteiger partial charge in [0.2, 0.25) is 0 Å². The second-order valence-electron chi connectivity index (χ2n) is 1.78. The average molecular weight is 130 g/mol. The van der Waals surface area contributed by atoms with E-state index in [9.17, 15) is 4.79 Å². The zero-order chi connectivity index (χ0) is 7.44. The van der Waals surface area contributed by atoms with Crippen molar-refractivity contribution in [2.45, 2.75) is 12.6 Å². The van der Waals surface area contributed by atoms with Crippen LogP contribution in [0.25, 0.3) is 0 Å². The molecule has 0 fully saturated rings. The maximum atomic E-state index is 10.0. The number of carboxylic acid groups (broad SMARTS) is 1. The molecule has 5 N–H and O–H groups in total. The molecule has 0 atom stereocenters. The number of rotatable bonds is 3. The molecule has 0 heterocycles. The predicted molar refractivity (Wildman–Crippen MR) is 33.6 cm³/mol. The molecule has 0 aliphatic carbocycles. The molecule has 0 radical (unpaired) electrons. The van der Waals surface area contributed by atoms with Crippen LogP contribution in [0.4, 0.5) is 0 Å². The Morgan fingerprint density at radius 3 is 2.22 bits per heavy atom. The van der Waals surface area contributed by atoms with Crippen molar-refractivity contribution in [3.63, 3.8) is 0 Å². The van der Waals surface area contributed by atoms with Gasteiger partial charge in [0.1, 0.15) is 0 Å². The minimum Gasteiger partial charge on any atom is -0.478 e. The summed E-state index contributed by atoms with van der Waals surface area (Å²) in [5.74, 6) is -1.05. The monoisotopic (exact) mass is 130 g/mol. The van der Waals surface area contributed by atoms with E-state index in [2.05, 4.69) is 6.58 Å². The Bertz CT molecular complexity index is 131. The van der Waals surface area contributed by atoms with Crippen molar-refractivity contribution in [3.8, 4) is 0 Å². The predicted octanol–water partition coefficient (Wildman–Crippen LogP) is -0.739. The van der Waals surface area contributed by atoms with Crippen LogP contribution in [0.15, 0.2) is 12.2 Å². The lowest BCUT2D eigenvalue weighted by molar-refractivity contribution is -0.132. The minimum absolute atomic E-state index is 0.0463. The third-order valence-corrected chi connectivity index (χ3v) is 0.785. The van der Waals surface area contributed by atoms with E-state index in [1.807, 2.05) is 0 Å². The van der Waals surface area contributed by atoms with Gasteiger partial charge >= 0.3 is 5.97 Å². The zero-order valence-electron chi connectivity index (χ0n) is 5.00. The molecule has 0 aliphatic heterocycles. The first-order chi connectivity index (χ1) is 4.04. The van der Waals surface area contributed by atoms with Crippen LogP contribution in [0.5, 0.6) is 0 Å². The van der Waals surface area contributed by atoms with Crippen molar-refractivity contribution in [1.82, 2.24) is 0 Å². The summed E-state index contributed by atoms with van der Waals surface area (Å²) in [5.41, 5.74) is 10.2. The molecule has 0 saturated heterocycles. The summed E-state index contributed by atoms with van der Waals surface area (Å²) >= 11 is 0. The van der Waals surface area contributed by atoms with Gasteiger partial charge in [0.05, 0.1) is 6.17 Å². The van der Waals surface area contributed by atoms with E-state index in [0.717, 1.165) is 0 Å². The van der Waals surface area contributed by atoms with E-state index in [0.29, 0.717) is 0 Å². The van der Waals surface area contributed by atoms with Crippen molar-refractivity contribution >= 4 is 5.97 Å². The number of carboxylic acids is 1. The van der Waals surface area contributed by atoms with Crippen LogP contribution < -0.4 is 11.5 Å². The molecule has 0 bridgehead atoms. The molecular weight excluding hydrogens is 120 g/mol. The molecule has 4 nitrogen and oxygen atoms in total. The summed E-state index contributed by atoms with van der Waals surface area (Å²) in [6.45, 7) is 3.23. The molecule has 0 aromatic heterocycles. The molecular formula is C5H10N2O2. The Hall–Kier alpha value is -0.870. The van der Waals surface area contributed by atoms with Crippen molar-refractivity contribution in [3.05, 3.63) is 12.2 Å². The van der Waals surface area contributed by atoms with E-state index in [-0.39, 0.29) is 12.0 Å². The summed E-state index contributed by atoms with van der Waals surface area (Å²) in [6, 6.07) is 0. The molecule has 4 heteroatoms. The van der Waals surface area contributed by atoms with E-state index < -0.39 is 12.1 Å². The number of hydrogen-bond acceptors (Lipinski definition) is 3. The Morgan fingerprint density at radius 1 is 1.67 bits per heavy atom. The summed E-state index contributed by atoms with van der Waals surface area (Å²) < 4.78 is 0. The molecule has 9 heavy (non-hydrogen) atoms. The lowest BCUT2D eigenvalue weighted by atomic mass is 10.2. The first-order valence-electron chi connectivity index (χ1n) is 2.46. The van der Waals surface area contributed by atoms with Crippen molar-refractivity contribution in [2.24, 2.45) is 11.5 Å². The van der Waals surface area contributed by atoms with Crippen LogP contribution in [-0.2, 0) is 4.79 Å². The van der Waals surface area contributed by atoms with Gasteiger partial charge in [0.15, 0.2) is 0 Å². The van der Waals surface area contributed by atoms with E-state index >= 15 is 0 Å². The van der Waals surface area contributed by atoms with Gasteiger partial charge < -0.3 is 16.6 Å². The van der Waals surface area contributed by atoms with Gasteiger partial charge in [-0.3, -0.25) is 0 Å². The lowest BCUT2D eigenvalue weighted by Gasteiger charge is -2.02. The van der Waals surface area contributed by atoms with Crippen molar-refractivity contribution < 1.29 is 9.90 Å². The van der Waals surface area contributed by atoms with Gasteiger partial charge in [0, 0.05) is 12.0 Å². The number of carbonyl (C=O) groups is 1. The highest BCUT2D eigenvalue weighted by atomic mass is 16.4. The smallest absolute Gasteiger partial charge is 0.331 e. The fourth-order valence-corrected chi connectivity index (χ4v) is 0.372. The lowest BCUT2D eigenvalue weighted by Crippen LogP contribution is -2.31. The standard InChI is InChI=1S/C5H10N2O2/c1-3(5(8)9)2-4(6)7/h4H,1-2,6-7H2,(H,8,9). The van der Waals surface area contributed by atoms with Crippen LogP contribution in [0, 0.1) is 0 Å². The fraction of sp³-hybridized carbons (Fsp3) is 0.400. The van der Waals surface area contributed by atoms with E-state index in [4.69, 9.17) is 16.6 Å². The maximum absolute atomic E-state index is 10.0. The highest BCUT2D eigenvalue weighted by Gasteiger charge is 2.05. The first-order valence-corrected chi connectivity index (χ1v) is 2.46. The summed E-state index contributed by atoms with van der Waals surface area (Å²) in [4.78, 5) is 10.0. The molecule has 0 rings (SSSR count). The number of aliphatic carboxylic acids is 1. The van der Waals surface area contributed by atoms with Crippen LogP contribution in [0.2, 0.25) is 0 Å². The van der Waals surface area contributed by atoms with Gasteiger partial charge in [-0.05, 0) is 0 Å². The third-order valence-electron chi connectivity index (χ3n) is 0.785. The van der Waals surface area contributed by atoms with Gasteiger partial charge in [0.25, 0.3) is 0 Å². The largest absolute Gasteiger partial charge is 0.478 e. The number of nitrogens with two attached hydrogens (primary N) is 2. The first kappa shape index (κ1) is 8.13. The average Bonchev–Trinajstić information content (AvgIpc) is 1.63. The molecule has 0 aromatic rings. The Labute approximate surface area is 53.1 Å². The van der Waals surface area contributed by atoms with Gasteiger partial charge in [-0.25, -0.2) is 4.79 Å². The fourth-order valence-electron chi connectivity index (χ4n) is 0.372. The summed E-state index contributed by atoms with van der Waals surface area (Å²) in [5, 5.41) is 8.22. The topological polar surface area (TPSA) is 89.3 Å². The minimum atomic E-state index is -1.05. The second-order valence-corrected chi connectivity index (χ2v) is 1.78. The third kappa shape index (κ3) is 3.69. The van der Waals surface area contributed by atoms with Crippen LogP contribution in [0.3, 0.4) is 0 Å². The molecule has 0 amide bonds. The SMILES string of the molecule is C=C(CC(N)N)C(=O)O. The number of hydrogen-bond donors (Lipinski definition) is 3. The molecule has 52 valence electrons. The highest BCUT2D eigenvalue weighted by molar-refractivity contribution is 5.85. The van der Waals surface area contributed by atoms with Crippen molar-refractivity contribution in [1.29, 1.82) is 0 Å². The van der Waals surface area contributed by atoms with Gasteiger partial charge in [-0.2, -0.15) is 0 Å². The Morgan fingerprint density at radius 2 is 2.11 bits per heavy atom. The summed E-state index contributed by atoms with van der Waals surface area (Å²) in [6.07, 6.45) is -0.483. The quantitative estimate of drug-likeness (QED) is 0.347. The Balaban J connectivity index is 3.65. The molecule has 0 aromatic carbocycles. The maximum Gasteiger partial charge on any atom is 0.331 e. The van der Waals surface area contributed by atoms with Crippen LogP contribution >= 0.6 is 0 Å². The van der Waals surface area contributed by atoms with Gasteiger partial charge in [-0.1, -0.05) is 6.58 Å². The molecule has 0 unspecified atom stereocenters. The van der Waals surface area contributed by atoms with E-state index in [1.165, 1.54) is 0 Å². The normalized spacial score (nSPS) is 9.67. The molecule has 0 spiro atoms. The Kier molecular flexibility index (Phi) is 2.90. The summed E-state index contributed by atoms with van der Waals surface area (Å²) in [7, 11) is 0. The molecule has 0 saturated carbocycles. The highest BCUT2D eigenvalue weighted by Crippen LogP contribution is 1.96. The van der Waals surface area contributed by atoms with Crippen LogP contribution in [-0.4, -0.2) is 17.2 Å². The zero-order valence-corrected chi connectivity index (χ0v) is 5.00. The van der Waals surface area contributed by atoms with Crippen LogP contribution in [0.1, 0.15) is 6.42 Å². The van der Waals surface area contributed by atoms with Gasteiger partial charge in [-0.15, -0.1) is 0 Å². The second kappa shape index (κ2) is 3.21. The molecule has 0 aliphatic rings.